The molecule has 2 heterocycles. The van der Waals surface area contributed by atoms with Gasteiger partial charge in [-0.15, -0.1) is 0 Å². The smallest absolute Gasteiger partial charge is 0.162 e. The Labute approximate surface area is 175 Å². The van der Waals surface area contributed by atoms with Gasteiger partial charge in [-0.2, -0.15) is 0 Å². The zero-order chi connectivity index (χ0) is 19.9. The molecule has 2 aromatic carbocycles. The topological polar surface area (TPSA) is 32.3 Å². The van der Waals surface area contributed by atoms with Crippen molar-refractivity contribution < 1.29 is 4.79 Å². The SMILES string of the molecule is O=C(CCCN1CCC(Cc2ccccc2)CC1)c1ccc2c(c1)CCNCC2. The lowest BCUT2D eigenvalue weighted by molar-refractivity contribution is 0.0970. The molecule has 0 spiro atoms. The summed E-state index contributed by atoms with van der Waals surface area (Å²) in [7, 11) is 0. The number of rotatable bonds is 7. The first kappa shape index (κ1) is 20.3. The number of carbonyl (C=O) groups is 1. The molecular formula is C26H34N2O. The molecule has 0 amide bonds. The van der Waals surface area contributed by atoms with E-state index in [1.54, 1.807) is 0 Å². The Hall–Kier alpha value is -1.97. The lowest BCUT2D eigenvalue weighted by Gasteiger charge is -2.32. The molecule has 0 unspecified atom stereocenters. The second-order valence-corrected chi connectivity index (χ2v) is 8.73. The first-order chi connectivity index (χ1) is 14.3. The van der Waals surface area contributed by atoms with Gasteiger partial charge in [0.25, 0.3) is 0 Å². The van der Waals surface area contributed by atoms with E-state index in [1.807, 2.05) is 6.07 Å². The molecule has 0 aromatic heterocycles. The summed E-state index contributed by atoms with van der Waals surface area (Å²) in [4.78, 5) is 15.2. The average Bonchev–Trinajstić information content (AvgIpc) is 3.00. The number of nitrogens with zero attached hydrogens (tertiary/aromatic N) is 1. The number of benzene rings is 2. The van der Waals surface area contributed by atoms with Crippen LogP contribution >= 0.6 is 0 Å². The molecule has 29 heavy (non-hydrogen) atoms. The molecule has 4 rings (SSSR count). The Bertz CT molecular complexity index is 794. The molecule has 2 aliphatic rings. The van der Waals surface area contributed by atoms with Gasteiger partial charge in [0.05, 0.1) is 0 Å². The van der Waals surface area contributed by atoms with Crippen molar-refractivity contribution in [2.45, 2.75) is 44.9 Å². The summed E-state index contributed by atoms with van der Waals surface area (Å²) in [5, 5.41) is 3.44. The molecule has 0 radical (unpaired) electrons. The van der Waals surface area contributed by atoms with Crippen molar-refractivity contribution in [3.8, 4) is 0 Å². The number of Topliss-reactive ketones (excluding diaryl/α,β-unsaturated/α-hetero) is 1. The van der Waals surface area contributed by atoms with Crippen molar-refractivity contribution in [3.05, 3.63) is 70.8 Å². The zero-order valence-corrected chi connectivity index (χ0v) is 17.5. The number of nitrogens with one attached hydrogen (secondary N) is 1. The molecule has 3 heteroatoms. The first-order valence-electron chi connectivity index (χ1n) is 11.4. The van der Waals surface area contributed by atoms with Gasteiger partial charge in [-0.3, -0.25) is 4.79 Å². The molecule has 0 saturated carbocycles. The van der Waals surface area contributed by atoms with Crippen molar-refractivity contribution in [2.24, 2.45) is 5.92 Å². The molecule has 1 saturated heterocycles. The molecule has 2 aromatic rings. The fourth-order valence-corrected chi connectivity index (χ4v) is 4.82. The number of ketones is 1. The van der Waals surface area contributed by atoms with Gasteiger partial charge in [0.1, 0.15) is 0 Å². The Balaban J connectivity index is 1.19. The van der Waals surface area contributed by atoms with Crippen molar-refractivity contribution in [2.75, 3.05) is 32.7 Å². The summed E-state index contributed by atoms with van der Waals surface area (Å²) in [6.07, 6.45) is 7.52. The Morgan fingerprint density at radius 3 is 2.52 bits per heavy atom. The number of piperidine rings is 1. The lowest BCUT2D eigenvalue weighted by atomic mass is 9.90. The van der Waals surface area contributed by atoms with E-state index in [0.717, 1.165) is 50.4 Å². The van der Waals surface area contributed by atoms with Crippen LogP contribution in [0.5, 0.6) is 0 Å². The molecule has 1 N–H and O–H groups in total. The summed E-state index contributed by atoms with van der Waals surface area (Å²) in [5.41, 5.74) is 5.14. The Morgan fingerprint density at radius 1 is 0.966 bits per heavy atom. The van der Waals surface area contributed by atoms with Crippen LogP contribution < -0.4 is 5.32 Å². The molecular weight excluding hydrogens is 356 g/mol. The summed E-state index contributed by atoms with van der Waals surface area (Å²) < 4.78 is 0. The molecule has 0 aliphatic carbocycles. The monoisotopic (exact) mass is 390 g/mol. The Kier molecular flexibility index (Phi) is 7.13. The summed E-state index contributed by atoms with van der Waals surface area (Å²) in [5.74, 6) is 1.12. The van der Waals surface area contributed by atoms with E-state index in [9.17, 15) is 4.79 Å². The van der Waals surface area contributed by atoms with E-state index >= 15 is 0 Å². The number of hydrogen-bond donors (Lipinski definition) is 1. The maximum Gasteiger partial charge on any atom is 0.162 e. The highest BCUT2D eigenvalue weighted by Gasteiger charge is 2.19. The minimum absolute atomic E-state index is 0.309. The van der Waals surface area contributed by atoms with Crippen LogP contribution in [0.4, 0.5) is 0 Å². The third kappa shape index (κ3) is 5.77. The molecule has 3 nitrogen and oxygen atoms in total. The fourth-order valence-electron chi connectivity index (χ4n) is 4.82. The van der Waals surface area contributed by atoms with E-state index in [-0.39, 0.29) is 0 Å². The van der Waals surface area contributed by atoms with Crippen LogP contribution in [0.3, 0.4) is 0 Å². The molecule has 0 bridgehead atoms. The van der Waals surface area contributed by atoms with Crippen LogP contribution in [0, 0.1) is 5.92 Å². The van der Waals surface area contributed by atoms with Gasteiger partial charge < -0.3 is 10.2 Å². The van der Waals surface area contributed by atoms with Crippen molar-refractivity contribution >= 4 is 5.78 Å². The van der Waals surface area contributed by atoms with E-state index in [2.05, 4.69) is 52.7 Å². The quantitative estimate of drug-likeness (QED) is 0.716. The maximum atomic E-state index is 12.7. The summed E-state index contributed by atoms with van der Waals surface area (Å²) >= 11 is 0. The lowest BCUT2D eigenvalue weighted by Crippen LogP contribution is -2.35. The molecule has 154 valence electrons. The van der Waals surface area contributed by atoms with Gasteiger partial charge >= 0.3 is 0 Å². The van der Waals surface area contributed by atoms with Crippen molar-refractivity contribution in [1.29, 1.82) is 0 Å². The highest BCUT2D eigenvalue weighted by atomic mass is 16.1. The van der Waals surface area contributed by atoms with E-state index < -0.39 is 0 Å². The molecule has 0 atom stereocenters. The third-order valence-corrected chi connectivity index (χ3v) is 6.62. The highest BCUT2D eigenvalue weighted by molar-refractivity contribution is 5.96. The molecule has 2 aliphatic heterocycles. The molecule has 1 fully saturated rings. The van der Waals surface area contributed by atoms with Gasteiger partial charge in [0, 0.05) is 12.0 Å². The van der Waals surface area contributed by atoms with E-state index in [1.165, 1.54) is 49.0 Å². The second kappa shape index (κ2) is 10.2. The van der Waals surface area contributed by atoms with Gasteiger partial charge in [-0.05, 0) is 99.9 Å². The van der Waals surface area contributed by atoms with Crippen LogP contribution in [0.2, 0.25) is 0 Å². The minimum Gasteiger partial charge on any atom is -0.316 e. The largest absolute Gasteiger partial charge is 0.316 e. The van der Waals surface area contributed by atoms with Gasteiger partial charge in [-0.1, -0.05) is 42.5 Å². The predicted molar refractivity (Wildman–Crippen MR) is 120 cm³/mol. The van der Waals surface area contributed by atoms with Gasteiger partial charge in [0.2, 0.25) is 0 Å². The first-order valence-corrected chi connectivity index (χ1v) is 11.4. The summed E-state index contributed by atoms with van der Waals surface area (Å²) in [6, 6.07) is 17.2. The third-order valence-electron chi connectivity index (χ3n) is 6.62. The second-order valence-electron chi connectivity index (χ2n) is 8.73. The van der Waals surface area contributed by atoms with Crippen LogP contribution in [-0.2, 0) is 19.3 Å². The predicted octanol–water partition coefficient (Wildman–Crippen LogP) is 4.29. The Morgan fingerprint density at radius 2 is 1.72 bits per heavy atom. The van der Waals surface area contributed by atoms with Crippen LogP contribution in [0.1, 0.15) is 52.7 Å². The normalized spacial score (nSPS) is 18.2. The maximum absolute atomic E-state index is 12.7. The van der Waals surface area contributed by atoms with Crippen LogP contribution in [0.25, 0.3) is 0 Å². The number of fused-ring (bicyclic) bond motifs is 1. The van der Waals surface area contributed by atoms with E-state index in [4.69, 9.17) is 0 Å². The minimum atomic E-state index is 0.309. The fraction of sp³-hybridized carbons (Fsp3) is 0.500. The van der Waals surface area contributed by atoms with Gasteiger partial charge in [-0.25, -0.2) is 0 Å². The number of hydrogen-bond acceptors (Lipinski definition) is 3. The standard InChI is InChI=1S/C26H34N2O/c29-26(25-9-8-23-10-14-27-15-11-24(23)20-25)7-4-16-28-17-12-22(13-18-28)19-21-5-2-1-3-6-21/h1-3,5-6,8-9,20,22,27H,4,7,10-19H2. The van der Waals surface area contributed by atoms with E-state index in [0.29, 0.717) is 12.2 Å². The van der Waals surface area contributed by atoms with Crippen molar-refractivity contribution in [1.82, 2.24) is 10.2 Å². The van der Waals surface area contributed by atoms with Gasteiger partial charge in [0.15, 0.2) is 5.78 Å². The number of likely N-dealkylation sites (tertiary alicyclic amines) is 1. The van der Waals surface area contributed by atoms with Crippen LogP contribution in [0.15, 0.2) is 48.5 Å². The number of carbonyl (C=O) groups excluding carboxylic acids is 1. The van der Waals surface area contributed by atoms with Crippen LogP contribution in [-0.4, -0.2) is 43.4 Å². The van der Waals surface area contributed by atoms with Crippen molar-refractivity contribution in [3.63, 3.8) is 0 Å². The highest BCUT2D eigenvalue weighted by Crippen LogP contribution is 2.22. The summed E-state index contributed by atoms with van der Waals surface area (Å²) in [6.45, 7) is 5.47. The zero-order valence-electron chi connectivity index (χ0n) is 17.5. The average molecular weight is 391 g/mol.